The van der Waals surface area contributed by atoms with E-state index in [2.05, 4.69) is 44.4 Å². The summed E-state index contributed by atoms with van der Waals surface area (Å²) in [6.45, 7) is 6.63. The third-order valence-electron chi connectivity index (χ3n) is 5.32. The summed E-state index contributed by atoms with van der Waals surface area (Å²) < 4.78 is 12.6. The summed E-state index contributed by atoms with van der Waals surface area (Å²) in [5, 5.41) is 12.4. The minimum absolute atomic E-state index is 0.197. The van der Waals surface area contributed by atoms with Crippen molar-refractivity contribution in [2.45, 2.75) is 25.9 Å². The molecule has 2 aromatic heterocycles. The molecule has 0 spiro atoms. The van der Waals surface area contributed by atoms with Crippen LogP contribution in [0, 0.1) is 0 Å². The first-order valence-electron chi connectivity index (χ1n) is 9.70. The highest BCUT2D eigenvalue weighted by molar-refractivity contribution is 5.49. The van der Waals surface area contributed by atoms with Crippen LogP contribution in [-0.4, -0.2) is 58.4 Å². The van der Waals surface area contributed by atoms with Gasteiger partial charge >= 0.3 is 0 Å². The lowest BCUT2D eigenvalue weighted by Crippen LogP contribution is -2.48. The van der Waals surface area contributed by atoms with Crippen LogP contribution in [-0.2, 0) is 6.54 Å². The van der Waals surface area contributed by atoms with Crippen molar-refractivity contribution in [3.05, 3.63) is 54.2 Å². The van der Waals surface area contributed by atoms with Gasteiger partial charge in [-0.05, 0) is 53.2 Å². The van der Waals surface area contributed by atoms with Crippen LogP contribution in [0.5, 0.6) is 5.75 Å². The van der Waals surface area contributed by atoms with Gasteiger partial charge in [-0.15, -0.1) is 5.10 Å². The first kappa shape index (κ1) is 18.5. The normalized spacial score (nSPS) is 16.3. The lowest BCUT2D eigenvalue weighted by atomic mass is 10.1. The Balaban J connectivity index is 1.42. The number of piperazine rings is 1. The summed E-state index contributed by atoms with van der Waals surface area (Å²) in [5.41, 5.74) is 1.23. The van der Waals surface area contributed by atoms with Crippen molar-refractivity contribution in [2.24, 2.45) is 0 Å². The van der Waals surface area contributed by atoms with Crippen molar-refractivity contribution in [3.63, 3.8) is 0 Å². The molecule has 0 aliphatic carbocycles. The van der Waals surface area contributed by atoms with Crippen LogP contribution in [0.25, 0.3) is 0 Å². The standard InChI is InChI=1S/C20H26N6O2/c1-3-19(20-21-22-23-26(20)15-18-5-4-14-28-18)25-12-10-24(11-13-25)16-6-8-17(27-2)9-7-16/h4-9,14,19H,3,10-13,15H2,1-2H3/t19-/m1/s1. The number of methoxy groups -OCH3 is 1. The summed E-state index contributed by atoms with van der Waals surface area (Å²) in [5.74, 6) is 2.64. The molecule has 1 atom stereocenters. The van der Waals surface area contributed by atoms with Crippen molar-refractivity contribution < 1.29 is 9.15 Å². The second kappa shape index (κ2) is 8.43. The number of furan rings is 1. The van der Waals surface area contributed by atoms with Crippen LogP contribution in [0.2, 0.25) is 0 Å². The molecule has 1 aliphatic heterocycles. The Labute approximate surface area is 164 Å². The maximum Gasteiger partial charge on any atom is 0.168 e. The molecule has 1 saturated heterocycles. The maximum absolute atomic E-state index is 5.45. The van der Waals surface area contributed by atoms with Gasteiger partial charge < -0.3 is 14.1 Å². The second-order valence-electron chi connectivity index (χ2n) is 6.92. The van der Waals surface area contributed by atoms with E-state index in [-0.39, 0.29) is 6.04 Å². The fourth-order valence-electron chi connectivity index (χ4n) is 3.80. The van der Waals surface area contributed by atoms with Crippen molar-refractivity contribution in [1.29, 1.82) is 0 Å². The molecule has 0 radical (unpaired) electrons. The third kappa shape index (κ3) is 3.87. The summed E-state index contributed by atoms with van der Waals surface area (Å²) in [6, 6.07) is 12.3. The van der Waals surface area contributed by atoms with Crippen LogP contribution < -0.4 is 9.64 Å². The zero-order valence-electron chi connectivity index (χ0n) is 16.4. The zero-order chi connectivity index (χ0) is 19.3. The van der Waals surface area contributed by atoms with Gasteiger partial charge in [-0.3, -0.25) is 4.90 Å². The molecule has 1 aliphatic rings. The number of rotatable bonds is 7. The predicted molar refractivity (Wildman–Crippen MR) is 105 cm³/mol. The Morgan fingerprint density at radius 2 is 1.89 bits per heavy atom. The number of nitrogens with zero attached hydrogens (tertiary/aromatic N) is 6. The van der Waals surface area contributed by atoms with Crippen molar-refractivity contribution in [3.8, 4) is 5.75 Å². The number of hydrogen-bond donors (Lipinski definition) is 0. The molecular weight excluding hydrogens is 356 g/mol. The second-order valence-corrected chi connectivity index (χ2v) is 6.92. The quantitative estimate of drug-likeness (QED) is 0.622. The molecule has 0 saturated carbocycles. The zero-order valence-corrected chi connectivity index (χ0v) is 16.4. The third-order valence-corrected chi connectivity index (χ3v) is 5.32. The number of ether oxygens (including phenoxy) is 1. The SMILES string of the molecule is CC[C@H](c1nnnn1Cc1ccco1)N1CCN(c2ccc(OC)cc2)CC1. The highest BCUT2D eigenvalue weighted by Gasteiger charge is 2.28. The highest BCUT2D eigenvalue weighted by Crippen LogP contribution is 2.26. The molecule has 8 nitrogen and oxygen atoms in total. The van der Waals surface area contributed by atoms with Gasteiger partial charge in [0.05, 0.1) is 19.4 Å². The minimum atomic E-state index is 0.197. The molecule has 0 amide bonds. The van der Waals surface area contributed by atoms with E-state index in [0.717, 1.165) is 49.9 Å². The number of hydrogen-bond acceptors (Lipinski definition) is 7. The summed E-state index contributed by atoms with van der Waals surface area (Å²) in [4.78, 5) is 4.89. The molecular formula is C20H26N6O2. The fraction of sp³-hybridized carbons (Fsp3) is 0.450. The Hall–Kier alpha value is -2.87. The van der Waals surface area contributed by atoms with E-state index in [4.69, 9.17) is 9.15 Å². The fourth-order valence-corrected chi connectivity index (χ4v) is 3.80. The van der Waals surface area contributed by atoms with E-state index in [1.165, 1.54) is 5.69 Å². The predicted octanol–water partition coefficient (Wildman–Crippen LogP) is 2.60. The largest absolute Gasteiger partial charge is 0.497 e. The smallest absolute Gasteiger partial charge is 0.168 e. The van der Waals surface area contributed by atoms with Crippen molar-refractivity contribution >= 4 is 5.69 Å². The average Bonchev–Trinajstić information content (AvgIpc) is 3.42. The Morgan fingerprint density at radius 1 is 1.11 bits per heavy atom. The molecule has 1 fully saturated rings. The number of tetrazole rings is 1. The molecule has 0 N–H and O–H groups in total. The van der Waals surface area contributed by atoms with Crippen molar-refractivity contribution in [2.75, 3.05) is 38.2 Å². The van der Waals surface area contributed by atoms with Crippen LogP contribution in [0.4, 0.5) is 5.69 Å². The Bertz CT molecular complexity index is 853. The van der Waals surface area contributed by atoms with E-state index < -0.39 is 0 Å². The molecule has 28 heavy (non-hydrogen) atoms. The van der Waals surface area contributed by atoms with E-state index in [1.807, 2.05) is 28.9 Å². The van der Waals surface area contributed by atoms with Gasteiger partial charge in [0.2, 0.25) is 0 Å². The van der Waals surface area contributed by atoms with Crippen LogP contribution in [0.3, 0.4) is 0 Å². The summed E-state index contributed by atoms with van der Waals surface area (Å²) >= 11 is 0. The van der Waals surface area contributed by atoms with E-state index in [9.17, 15) is 0 Å². The minimum Gasteiger partial charge on any atom is -0.497 e. The lowest BCUT2D eigenvalue weighted by Gasteiger charge is -2.39. The van der Waals surface area contributed by atoms with Gasteiger partial charge in [-0.1, -0.05) is 6.92 Å². The summed E-state index contributed by atoms with van der Waals surface area (Å²) in [6.07, 6.45) is 2.64. The Morgan fingerprint density at radius 3 is 2.54 bits per heavy atom. The van der Waals surface area contributed by atoms with Gasteiger partial charge in [0.25, 0.3) is 0 Å². The molecule has 0 unspecified atom stereocenters. The molecule has 148 valence electrons. The van der Waals surface area contributed by atoms with E-state index >= 15 is 0 Å². The van der Waals surface area contributed by atoms with Gasteiger partial charge in [0.1, 0.15) is 18.1 Å². The van der Waals surface area contributed by atoms with Crippen LogP contribution in [0.1, 0.15) is 31.0 Å². The average molecular weight is 382 g/mol. The monoisotopic (exact) mass is 382 g/mol. The van der Waals surface area contributed by atoms with E-state index in [0.29, 0.717) is 6.54 Å². The molecule has 0 bridgehead atoms. The number of benzene rings is 1. The highest BCUT2D eigenvalue weighted by atomic mass is 16.5. The van der Waals surface area contributed by atoms with Crippen LogP contribution >= 0.6 is 0 Å². The molecule has 3 heterocycles. The Kier molecular flexibility index (Phi) is 5.57. The van der Waals surface area contributed by atoms with Gasteiger partial charge in [0, 0.05) is 31.9 Å². The number of aromatic nitrogens is 4. The van der Waals surface area contributed by atoms with E-state index in [1.54, 1.807) is 13.4 Å². The lowest BCUT2D eigenvalue weighted by molar-refractivity contribution is 0.169. The van der Waals surface area contributed by atoms with Gasteiger partial charge in [0.15, 0.2) is 5.82 Å². The molecule has 3 aromatic rings. The van der Waals surface area contributed by atoms with Gasteiger partial charge in [-0.2, -0.15) is 0 Å². The first-order chi connectivity index (χ1) is 13.8. The molecule has 8 heteroatoms. The number of anilines is 1. The van der Waals surface area contributed by atoms with Crippen molar-refractivity contribution in [1.82, 2.24) is 25.1 Å². The molecule has 4 rings (SSSR count). The van der Waals surface area contributed by atoms with Crippen LogP contribution in [0.15, 0.2) is 47.1 Å². The van der Waals surface area contributed by atoms with Gasteiger partial charge in [-0.25, -0.2) is 4.68 Å². The maximum atomic E-state index is 5.45. The first-order valence-corrected chi connectivity index (χ1v) is 9.70. The summed E-state index contributed by atoms with van der Waals surface area (Å²) in [7, 11) is 1.69. The topological polar surface area (TPSA) is 72.5 Å². The molecule has 1 aromatic carbocycles.